The second kappa shape index (κ2) is 7.42. The zero-order valence-corrected chi connectivity index (χ0v) is 13.7. The van der Waals surface area contributed by atoms with Gasteiger partial charge in [0.25, 0.3) is 5.91 Å². The van der Waals surface area contributed by atoms with Crippen LogP contribution in [0.2, 0.25) is 0 Å². The molecule has 1 aromatic heterocycles. The molecule has 1 aliphatic carbocycles. The average molecular weight is 329 g/mol. The fourth-order valence-corrected chi connectivity index (χ4v) is 3.40. The molecule has 0 aliphatic heterocycles. The molecular weight excluding hydrogens is 310 g/mol. The van der Waals surface area contributed by atoms with Gasteiger partial charge in [-0.25, -0.2) is 0 Å². The highest BCUT2D eigenvalue weighted by Gasteiger charge is 2.17. The van der Waals surface area contributed by atoms with Crippen molar-refractivity contribution >= 4 is 23.0 Å². The molecule has 0 bridgehead atoms. The average Bonchev–Trinajstić information content (AvgIpc) is 3.06. The van der Waals surface area contributed by atoms with E-state index in [1.807, 2.05) is 17.5 Å². The second-order valence-corrected chi connectivity index (χ2v) is 6.60. The Balaban J connectivity index is 1.46. The van der Waals surface area contributed by atoms with Crippen molar-refractivity contribution in [3.8, 4) is 5.75 Å². The van der Waals surface area contributed by atoms with Gasteiger partial charge in [0.2, 0.25) is 0 Å². The van der Waals surface area contributed by atoms with E-state index in [9.17, 15) is 9.59 Å². The smallest absolute Gasteiger partial charge is 0.257 e. The van der Waals surface area contributed by atoms with E-state index in [0.29, 0.717) is 18.7 Å². The molecule has 0 fully saturated rings. The van der Waals surface area contributed by atoms with Crippen LogP contribution in [0.1, 0.15) is 33.6 Å². The van der Waals surface area contributed by atoms with Crippen molar-refractivity contribution in [3.63, 3.8) is 0 Å². The third-order valence-corrected chi connectivity index (χ3v) is 4.81. The van der Waals surface area contributed by atoms with Crippen molar-refractivity contribution in [2.45, 2.75) is 25.7 Å². The van der Waals surface area contributed by atoms with E-state index in [1.165, 1.54) is 4.88 Å². The SMILES string of the molecule is O=C(COc1ccc2c(c1)CCCC2=O)NCCc1cccs1. The molecule has 2 aromatic rings. The molecule has 120 valence electrons. The lowest BCUT2D eigenvalue weighted by Gasteiger charge is -2.15. The molecule has 0 spiro atoms. The summed E-state index contributed by atoms with van der Waals surface area (Å²) in [5.74, 6) is 0.714. The van der Waals surface area contributed by atoms with Crippen LogP contribution in [0.25, 0.3) is 0 Å². The molecule has 3 rings (SSSR count). The van der Waals surface area contributed by atoms with E-state index < -0.39 is 0 Å². The van der Waals surface area contributed by atoms with Crippen molar-refractivity contribution in [1.82, 2.24) is 5.32 Å². The highest BCUT2D eigenvalue weighted by Crippen LogP contribution is 2.25. The van der Waals surface area contributed by atoms with Crippen LogP contribution in [-0.4, -0.2) is 24.8 Å². The molecular formula is C18H19NO3S. The Morgan fingerprint density at radius 2 is 2.17 bits per heavy atom. The molecule has 0 atom stereocenters. The van der Waals surface area contributed by atoms with Crippen LogP contribution in [0, 0.1) is 0 Å². The topological polar surface area (TPSA) is 55.4 Å². The van der Waals surface area contributed by atoms with E-state index in [4.69, 9.17) is 4.74 Å². The number of aryl methyl sites for hydroxylation is 1. The molecule has 1 heterocycles. The van der Waals surface area contributed by atoms with Crippen molar-refractivity contribution in [3.05, 3.63) is 51.7 Å². The molecule has 1 aliphatic rings. The van der Waals surface area contributed by atoms with E-state index in [0.717, 1.165) is 30.4 Å². The number of carbonyl (C=O) groups excluding carboxylic acids is 2. The number of fused-ring (bicyclic) bond motifs is 1. The third kappa shape index (κ3) is 4.20. The molecule has 0 saturated heterocycles. The van der Waals surface area contributed by atoms with Gasteiger partial charge in [0, 0.05) is 23.4 Å². The Kier molecular flexibility index (Phi) is 5.08. The Morgan fingerprint density at radius 1 is 1.26 bits per heavy atom. The van der Waals surface area contributed by atoms with Crippen molar-refractivity contribution in [2.24, 2.45) is 0 Å². The predicted octanol–water partition coefficient (Wildman–Crippen LogP) is 3.00. The first-order valence-corrected chi connectivity index (χ1v) is 8.68. The first kappa shape index (κ1) is 15.7. The fourth-order valence-electron chi connectivity index (χ4n) is 2.69. The molecule has 0 saturated carbocycles. The van der Waals surface area contributed by atoms with Crippen molar-refractivity contribution < 1.29 is 14.3 Å². The van der Waals surface area contributed by atoms with E-state index in [1.54, 1.807) is 23.5 Å². The number of amides is 1. The first-order valence-electron chi connectivity index (χ1n) is 7.80. The van der Waals surface area contributed by atoms with Crippen LogP contribution in [0.15, 0.2) is 35.7 Å². The number of thiophene rings is 1. The molecule has 0 unspecified atom stereocenters. The van der Waals surface area contributed by atoms with Gasteiger partial charge in [0.05, 0.1) is 0 Å². The number of hydrogen-bond acceptors (Lipinski definition) is 4. The molecule has 5 heteroatoms. The Hall–Kier alpha value is -2.14. The molecule has 1 aromatic carbocycles. The van der Waals surface area contributed by atoms with Crippen LogP contribution < -0.4 is 10.1 Å². The molecule has 1 amide bonds. The molecule has 0 radical (unpaired) electrons. The number of Topliss-reactive ketones (excluding diaryl/α,β-unsaturated/α-hetero) is 1. The minimum Gasteiger partial charge on any atom is -0.484 e. The van der Waals surface area contributed by atoms with Gasteiger partial charge in [0.1, 0.15) is 5.75 Å². The zero-order chi connectivity index (χ0) is 16.1. The summed E-state index contributed by atoms with van der Waals surface area (Å²) < 4.78 is 5.54. The van der Waals surface area contributed by atoms with Crippen LogP contribution in [0.4, 0.5) is 0 Å². The van der Waals surface area contributed by atoms with Crippen molar-refractivity contribution in [2.75, 3.05) is 13.2 Å². The van der Waals surface area contributed by atoms with Crippen LogP contribution >= 0.6 is 11.3 Å². The number of benzene rings is 1. The summed E-state index contributed by atoms with van der Waals surface area (Å²) in [6.07, 6.45) is 3.24. The number of nitrogens with one attached hydrogen (secondary N) is 1. The largest absolute Gasteiger partial charge is 0.484 e. The summed E-state index contributed by atoms with van der Waals surface area (Å²) in [5.41, 5.74) is 1.82. The second-order valence-electron chi connectivity index (χ2n) is 5.56. The quantitative estimate of drug-likeness (QED) is 0.886. The number of hydrogen-bond donors (Lipinski definition) is 1. The number of rotatable bonds is 6. The summed E-state index contributed by atoms with van der Waals surface area (Å²) in [6.45, 7) is 0.610. The Labute approximate surface area is 139 Å². The van der Waals surface area contributed by atoms with Gasteiger partial charge >= 0.3 is 0 Å². The van der Waals surface area contributed by atoms with Crippen LogP contribution in [-0.2, 0) is 17.6 Å². The maximum absolute atomic E-state index is 11.8. The minimum absolute atomic E-state index is 0.00280. The lowest BCUT2D eigenvalue weighted by Crippen LogP contribution is -2.30. The van der Waals surface area contributed by atoms with Crippen LogP contribution in [0.3, 0.4) is 0 Å². The monoisotopic (exact) mass is 329 g/mol. The first-order chi connectivity index (χ1) is 11.2. The Bertz CT molecular complexity index is 694. The molecule has 23 heavy (non-hydrogen) atoms. The molecule has 4 nitrogen and oxygen atoms in total. The maximum atomic E-state index is 11.8. The summed E-state index contributed by atoms with van der Waals surface area (Å²) >= 11 is 1.69. The van der Waals surface area contributed by atoms with Crippen molar-refractivity contribution in [1.29, 1.82) is 0 Å². The summed E-state index contributed by atoms with van der Waals surface area (Å²) in [7, 11) is 0. The van der Waals surface area contributed by atoms with Gasteiger partial charge in [-0.2, -0.15) is 0 Å². The van der Waals surface area contributed by atoms with Gasteiger partial charge in [-0.05, 0) is 54.5 Å². The molecule has 1 N–H and O–H groups in total. The minimum atomic E-state index is -0.129. The highest BCUT2D eigenvalue weighted by molar-refractivity contribution is 7.09. The number of ketones is 1. The van der Waals surface area contributed by atoms with Gasteiger partial charge < -0.3 is 10.1 Å². The highest BCUT2D eigenvalue weighted by atomic mass is 32.1. The summed E-state index contributed by atoms with van der Waals surface area (Å²) in [6, 6.07) is 9.51. The van der Waals surface area contributed by atoms with Gasteiger partial charge in [-0.3, -0.25) is 9.59 Å². The maximum Gasteiger partial charge on any atom is 0.257 e. The van der Waals surface area contributed by atoms with Gasteiger partial charge in [0.15, 0.2) is 12.4 Å². The van der Waals surface area contributed by atoms with E-state index >= 15 is 0 Å². The fraction of sp³-hybridized carbons (Fsp3) is 0.333. The van der Waals surface area contributed by atoms with Crippen LogP contribution in [0.5, 0.6) is 5.75 Å². The summed E-state index contributed by atoms with van der Waals surface area (Å²) in [5, 5.41) is 4.88. The number of carbonyl (C=O) groups is 2. The van der Waals surface area contributed by atoms with E-state index in [-0.39, 0.29) is 18.3 Å². The summed E-state index contributed by atoms with van der Waals surface area (Å²) in [4.78, 5) is 24.8. The normalized spacial score (nSPS) is 13.5. The van der Waals surface area contributed by atoms with Gasteiger partial charge in [-0.1, -0.05) is 6.07 Å². The third-order valence-electron chi connectivity index (χ3n) is 3.87. The standard InChI is InChI=1S/C18H19NO3S/c20-17-5-1-3-13-11-14(6-7-16(13)17)22-12-18(21)19-9-8-15-4-2-10-23-15/h2,4,6-7,10-11H,1,3,5,8-9,12H2,(H,19,21). The van der Waals surface area contributed by atoms with E-state index in [2.05, 4.69) is 11.4 Å². The lowest BCUT2D eigenvalue weighted by molar-refractivity contribution is -0.123. The lowest BCUT2D eigenvalue weighted by atomic mass is 9.91. The Morgan fingerprint density at radius 3 is 3.00 bits per heavy atom. The van der Waals surface area contributed by atoms with Gasteiger partial charge in [-0.15, -0.1) is 11.3 Å². The predicted molar refractivity (Wildman–Crippen MR) is 90.2 cm³/mol. The number of ether oxygens (including phenoxy) is 1. The zero-order valence-electron chi connectivity index (χ0n) is 12.8.